The molecule has 0 aromatic carbocycles. The van der Waals surface area contributed by atoms with Crippen LogP contribution in [0.1, 0.15) is 19.3 Å². The summed E-state index contributed by atoms with van der Waals surface area (Å²) in [6.07, 6.45) is 3.88. The van der Waals surface area contributed by atoms with Gasteiger partial charge in [-0.25, -0.2) is 0 Å². The van der Waals surface area contributed by atoms with Crippen LogP contribution in [0.2, 0.25) is 0 Å². The first-order valence-corrected chi connectivity index (χ1v) is 5.97. The number of nitrogens with zero attached hydrogens (tertiary/aromatic N) is 3. The van der Waals surface area contributed by atoms with Crippen LogP contribution in [0, 0.1) is 0 Å². The van der Waals surface area contributed by atoms with Gasteiger partial charge in [-0.05, 0) is 26.3 Å². The molecular formula is C9H16N4S. The molecule has 2 rings (SSSR count). The minimum absolute atomic E-state index is 0.599. The van der Waals surface area contributed by atoms with Crippen molar-refractivity contribution >= 4 is 16.5 Å². The van der Waals surface area contributed by atoms with E-state index in [2.05, 4.69) is 20.4 Å². The van der Waals surface area contributed by atoms with Crippen molar-refractivity contribution < 1.29 is 0 Å². The number of hydrogen-bond acceptors (Lipinski definition) is 5. The highest BCUT2D eigenvalue weighted by molar-refractivity contribution is 7.13. The zero-order valence-electron chi connectivity index (χ0n) is 8.44. The number of nitrogens with one attached hydrogen (secondary N) is 1. The molecule has 1 saturated heterocycles. The van der Waals surface area contributed by atoms with Crippen LogP contribution in [0.25, 0.3) is 0 Å². The van der Waals surface area contributed by atoms with Gasteiger partial charge in [0.25, 0.3) is 0 Å². The molecule has 14 heavy (non-hydrogen) atoms. The van der Waals surface area contributed by atoms with Gasteiger partial charge in [-0.2, -0.15) is 0 Å². The van der Waals surface area contributed by atoms with Gasteiger partial charge in [0, 0.05) is 19.1 Å². The Morgan fingerprint density at radius 1 is 1.64 bits per heavy atom. The predicted octanol–water partition coefficient (Wildman–Crippen LogP) is 1.12. The second-order valence-electron chi connectivity index (χ2n) is 3.62. The molecule has 1 N–H and O–H groups in total. The topological polar surface area (TPSA) is 41.0 Å². The standard InChI is InChI=1S/C9H16N4S/c1-10-6-8-4-2-3-5-13(8)9-12-11-7-14-9/h7-8,10H,2-6H2,1H3. The fourth-order valence-corrected chi connectivity index (χ4v) is 2.65. The molecule has 2 heterocycles. The molecule has 5 heteroatoms. The molecule has 1 unspecified atom stereocenters. The maximum Gasteiger partial charge on any atom is 0.208 e. The number of hydrogen-bond donors (Lipinski definition) is 1. The van der Waals surface area contributed by atoms with Crippen LogP contribution in [0.5, 0.6) is 0 Å². The lowest BCUT2D eigenvalue weighted by atomic mass is 10.0. The summed E-state index contributed by atoms with van der Waals surface area (Å²) in [6.45, 7) is 2.17. The molecule has 0 radical (unpaired) electrons. The molecule has 1 aliphatic rings. The summed E-state index contributed by atoms with van der Waals surface area (Å²) < 4.78 is 0. The zero-order chi connectivity index (χ0) is 9.80. The highest BCUT2D eigenvalue weighted by Gasteiger charge is 2.23. The molecule has 0 bridgehead atoms. The van der Waals surface area contributed by atoms with Crippen molar-refractivity contribution in [1.82, 2.24) is 15.5 Å². The van der Waals surface area contributed by atoms with Gasteiger partial charge in [0.05, 0.1) is 0 Å². The van der Waals surface area contributed by atoms with Crippen LogP contribution in [-0.2, 0) is 0 Å². The summed E-state index contributed by atoms with van der Waals surface area (Å²) in [5.41, 5.74) is 1.81. The molecule has 1 fully saturated rings. The monoisotopic (exact) mass is 212 g/mol. The highest BCUT2D eigenvalue weighted by atomic mass is 32.1. The average molecular weight is 212 g/mol. The van der Waals surface area contributed by atoms with Crippen molar-refractivity contribution in [1.29, 1.82) is 0 Å². The molecule has 78 valence electrons. The third-order valence-corrected chi connectivity index (χ3v) is 3.39. The fourth-order valence-electron chi connectivity index (χ4n) is 1.99. The van der Waals surface area contributed by atoms with Crippen LogP contribution < -0.4 is 10.2 Å². The summed E-state index contributed by atoms with van der Waals surface area (Å²) in [4.78, 5) is 2.39. The van der Waals surface area contributed by atoms with E-state index in [1.165, 1.54) is 19.3 Å². The first-order valence-electron chi connectivity index (χ1n) is 5.09. The molecule has 4 nitrogen and oxygen atoms in total. The minimum Gasteiger partial charge on any atom is -0.342 e. The smallest absolute Gasteiger partial charge is 0.208 e. The SMILES string of the molecule is CNCC1CCCCN1c1nncs1. The number of likely N-dealkylation sites (N-methyl/N-ethyl adjacent to an activating group) is 1. The summed E-state index contributed by atoms with van der Waals surface area (Å²) in [5.74, 6) is 0. The normalized spacial score (nSPS) is 22.6. The van der Waals surface area contributed by atoms with Crippen molar-refractivity contribution in [2.24, 2.45) is 0 Å². The second-order valence-corrected chi connectivity index (χ2v) is 4.43. The number of aromatic nitrogens is 2. The van der Waals surface area contributed by atoms with E-state index < -0.39 is 0 Å². The van der Waals surface area contributed by atoms with E-state index in [9.17, 15) is 0 Å². The molecular weight excluding hydrogens is 196 g/mol. The molecule has 1 aromatic rings. The lowest BCUT2D eigenvalue weighted by Gasteiger charge is -2.35. The van der Waals surface area contributed by atoms with E-state index in [0.29, 0.717) is 6.04 Å². The van der Waals surface area contributed by atoms with Gasteiger partial charge in [-0.15, -0.1) is 10.2 Å². The summed E-state index contributed by atoms with van der Waals surface area (Å²) in [7, 11) is 2.01. The molecule has 0 saturated carbocycles. The Morgan fingerprint density at radius 3 is 3.29 bits per heavy atom. The van der Waals surface area contributed by atoms with Gasteiger partial charge < -0.3 is 10.2 Å². The maximum absolute atomic E-state index is 4.14. The minimum atomic E-state index is 0.599. The highest BCUT2D eigenvalue weighted by Crippen LogP contribution is 2.25. The van der Waals surface area contributed by atoms with Gasteiger partial charge in [-0.3, -0.25) is 0 Å². The lowest BCUT2D eigenvalue weighted by molar-refractivity contribution is 0.445. The molecule has 0 aliphatic carbocycles. The van der Waals surface area contributed by atoms with Crippen LogP contribution in [-0.4, -0.2) is 36.4 Å². The van der Waals surface area contributed by atoms with E-state index in [4.69, 9.17) is 0 Å². The Kier molecular flexibility index (Phi) is 3.31. The Balaban J connectivity index is 2.06. The third-order valence-electron chi connectivity index (χ3n) is 2.66. The largest absolute Gasteiger partial charge is 0.342 e. The lowest BCUT2D eigenvalue weighted by Crippen LogP contribution is -2.44. The quantitative estimate of drug-likeness (QED) is 0.815. The van der Waals surface area contributed by atoms with E-state index in [0.717, 1.165) is 18.2 Å². The second kappa shape index (κ2) is 4.70. The van der Waals surface area contributed by atoms with Crippen LogP contribution >= 0.6 is 11.3 Å². The summed E-state index contributed by atoms with van der Waals surface area (Å²) in [5, 5.41) is 12.4. The predicted molar refractivity (Wildman–Crippen MR) is 58.8 cm³/mol. The first-order chi connectivity index (χ1) is 6.92. The van der Waals surface area contributed by atoms with Crippen molar-refractivity contribution in [3.05, 3.63) is 5.51 Å². The van der Waals surface area contributed by atoms with E-state index >= 15 is 0 Å². The third kappa shape index (κ3) is 2.04. The van der Waals surface area contributed by atoms with Gasteiger partial charge >= 0.3 is 0 Å². The van der Waals surface area contributed by atoms with Crippen LogP contribution in [0.4, 0.5) is 5.13 Å². The van der Waals surface area contributed by atoms with E-state index in [-0.39, 0.29) is 0 Å². The van der Waals surface area contributed by atoms with Gasteiger partial charge in [0.2, 0.25) is 5.13 Å². The van der Waals surface area contributed by atoms with E-state index in [1.54, 1.807) is 16.8 Å². The van der Waals surface area contributed by atoms with E-state index in [1.807, 2.05) is 7.05 Å². The van der Waals surface area contributed by atoms with Crippen molar-refractivity contribution in [3.8, 4) is 0 Å². The van der Waals surface area contributed by atoms with Gasteiger partial charge in [-0.1, -0.05) is 11.3 Å². The molecule has 1 aromatic heterocycles. The van der Waals surface area contributed by atoms with Crippen molar-refractivity contribution in [2.75, 3.05) is 25.0 Å². The van der Waals surface area contributed by atoms with Crippen molar-refractivity contribution in [3.63, 3.8) is 0 Å². The Bertz CT molecular complexity index is 260. The van der Waals surface area contributed by atoms with Crippen LogP contribution in [0.15, 0.2) is 5.51 Å². The fraction of sp³-hybridized carbons (Fsp3) is 0.778. The average Bonchev–Trinajstić information content (AvgIpc) is 2.72. The molecule has 0 amide bonds. The molecule has 1 atom stereocenters. The number of rotatable bonds is 3. The van der Waals surface area contributed by atoms with Gasteiger partial charge in [0.1, 0.15) is 5.51 Å². The molecule has 0 spiro atoms. The Labute approximate surface area is 88.3 Å². The Hall–Kier alpha value is -0.680. The summed E-state index contributed by atoms with van der Waals surface area (Å²) in [6, 6.07) is 0.599. The Morgan fingerprint density at radius 2 is 2.57 bits per heavy atom. The molecule has 1 aliphatic heterocycles. The maximum atomic E-state index is 4.14. The first kappa shape index (κ1) is 9.86. The van der Waals surface area contributed by atoms with Crippen LogP contribution in [0.3, 0.4) is 0 Å². The van der Waals surface area contributed by atoms with Gasteiger partial charge in [0.15, 0.2) is 0 Å². The number of anilines is 1. The number of piperidine rings is 1. The summed E-state index contributed by atoms with van der Waals surface area (Å²) >= 11 is 1.63. The zero-order valence-corrected chi connectivity index (χ0v) is 9.26. The van der Waals surface area contributed by atoms with Crippen molar-refractivity contribution in [2.45, 2.75) is 25.3 Å².